The molecular formula is C28H22N2O6. The van der Waals surface area contributed by atoms with Crippen LogP contribution in [0.25, 0.3) is 16.8 Å². The van der Waals surface area contributed by atoms with Crippen LogP contribution in [0.1, 0.15) is 27.4 Å². The van der Waals surface area contributed by atoms with E-state index in [0.717, 1.165) is 21.2 Å². The molecule has 0 bridgehead atoms. The topological polar surface area (TPSA) is 98.1 Å². The van der Waals surface area contributed by atoms with E-state index in [-0.39, 0.29) is 23.8 Å². The Bertz CT molecular complexity index is 1500. The summed E-state index contributed by atoms with van der Waals surface area (Å²) >= 11 is 0. The molecule has 36 heavy (non-hydrogen) atoms. The quantitative estimate of drug-likeness (QED) is 0.229. The summed E-state index contributed by atoms with van der Waals surface area (Å²) in [7, 11) is 1.24. The number of amides is 3. The fraction of sp³-hybridized carbons (Fsp3) is 0.107. The summed E-state index contributed by atoms with van der Waals surface area (Å²) in [6.07, 6.45) is 1.58. The number of hydrogen-bond acceptors (Lipinski definition) is 6. The number of imide groups is 1. The molecule has 5 rings (SSSR count). The Morgan fingerprint density at radius 2 is 1.75 bits per heavy atom. The number of hydrogen-bond donors (Lipinski definition) is 1. The zero-order chi connectivity index (χ0) is 25.1. The van der Waals surface area contributed by atoms with Gasteiger partial charge in [0, 0.05) is 5.56 Å². The van der Waals surface area contributed by atoms with Crippen molar-refractivity contribution in [3.8, 4) is 5.75 Å². The van der Waals surface area contributed by atoms with Gasteiger partial charge < -0.3 is 19.2 Å². The lowest BCUT2D eigenvalue weighted by Gasteiger charge is -2.12. The van der Waals surface area contributed by atoms with Crippen molar-refractivity contribution in [1.29, 1.82) is 0 Å². The molecule has 2 heterocycles. The average Bonchev–Trinajstić information content (AvgIpc) is 3.48. The number of methoxy groups -OCH3 is 1. The van der Waals surface area contributed by atoms with Crippen molar-refractivity contribution in [3.05, 3.63) is 107 Å². The molecule has 0 saturated carbocycles. The van der Waals surface area contributed by atoms with Gasteiger partial charge in [-0.05, 0) is 40.6 Å². The summed E-state index contributed by atoms with van der Waals surface area (Å²) in [5.74, 6) is -0.308. The van der Waals surface area contributed by atoms with E-state index in [9.17, 15) is 14.4 Å². The van der Waals surface area contributed by atoms with Crippen molar-refractivity contribution >= 4 is 34.8 Å². The summed E-state index contributed by atoms with van der Waals surface area (Å²) in [6.45, 7) is 0.215. The Hall–Kier alpha value is -4.85. The molecule has 1 aliphatic heterocycles. The van der Waals surface area contributed by atoms with E-state index in [4.69, 9.17) is 9.15 Å². The minimum absolute atomic E-state index is 0.00686. The number of nitrogens with zero attached hydrogens (tertiary/aromatic N) is 1. The first-order valence-electron chi connectivity index (χ1n) is 11.2. The largest absolute Gasteiger partial charge is 0.488 e. The van der Waals surface area contributed by atoms with Crippen LogP contribution in [-0.4, -0.2) is 29.9 Å². The number of furan rings is 1. The molecule has 0 radical (unpaired) electrons. The van der Waals surface area contributed by atoms with Gasteiger partial charge in [-0.15, -0.1) is 0 Å². The van der Waals surface area contributed by atoms with Gasteiger partial charge in [0.05, 0.1) is 13.7 Å². The first-order chi connectivity index (χ1) is 17.5. The van der Waals surface area contributed by atoms with Gasteiger partial charge >= 0.3 is 12.0 Å². The van der Waals surface area contributed by atoms with Crippen LogP contribution in [0.5, 0.6) is 5.75 Å². The van der Waals surface area contributed by atoms with Gasteiger partial charge in [0.15, 0.2) is 0 Å². The molecule has 0 atom stereocenters. The second-order valence-electron chi connectivity index (χ2n) is 8.10. The van der Waals surface area contributed by atoms with E-state index in [2.05, 4.69) is 28.3 Å². The smallest absolute Gasteiger partial charge is 0.373 e. The number of urea groups is 1. The lowest BCUT2D eigenvalue weighted by Crippen LogP contribution is -2.30. The van der Waals surface area contributed by atoms with Gasteiger partial charge in [-0.2, -0.15) is 0 Å². The lowest BCUT2D eigenvalue weighted by molar-refractivity contribution is -0.123. The minimum atomic E-state index is -0.640. The minimum Gasteiger partial charge on any atom is -0.488 e. The van der Waals surface area contributed by atoms with Crippen LogP contribution < -0.4 is 10.1 Å². The maximum absolute atomic E-state index is 13.0. The molecule has 0 unspecified atom stereocenters. The monoisotopic (exact) mass is 482 g/mol. The van der Waals surface area contributed by atoms with Gasteiger partial charge in [-0.25, -0.2) is 9.59 Å². The fourth-order valence-electron chi connectivity index (χ4n) is 4.00. The Morgan fingerprint density at radius 1 is 0.972 bits per heavy atom. The molecule has 1 aliphatic rings. The van der Waals surface area contributed by atoms with Crippen LogP contribution >= 0.6 is 0 Å². The molecule has 1 saturated heterocycles. The number of ether oxygens (including phenoxy) is 2. The zero-order valence-corrected chi connectivity index (χ0v) is 19.4. The molecule has 1 fully saturated rings. The van der Waals surface area contributed by atoms with Crippen LogP contribution in [0, 0.1) is 0 Å². The molecule has 8 heteroatoms. The van der Waals surface area contributed by atoms with Crippen LogP contribution in [0.15, 0.2) is 89.0 Å². The molecule has 1 N–H and O–H groups in total. The second-order valence-corrected chi connectivity index (χ2v) is 8.10. The van der Waals surface area contributed by atoms with Gasteiger partial charge in [-0.3, -0.25) is 9.69 Å². The Labute approximate surface area is 206 Å². The van der Waals surface area contributed by atoms with Crippen molar-refractivity contribution in [2.75, 3.05) is 7.11 Å². The number of carbonyl (C=O) groups excluding carboxylic acids is 3. The van der Waals surface area contributed by atoms with Crippen molar-refractivity contribution in [2.45, 2.75) is 13.2 Å². The number of rotatable bonds is 7. The third-order valence-corrected chi connectivity index (χ3v) is 5.81. The van der Waals surface area contributed by atoms with Crippen LogP contribution in [0.2, 0.25) is 0 Å². The van der Waals surface area contributed by atoms with E-state index in [1.54, 1.807) is 6.08 Å². The van der Waals surface area contributed by atoms with Crippen LogP contribution in [0.3, 0.4) is 0 Å². The summed E-state index contributed by atoms with van der Waals surface area (Å²) in [5.41, 5.74) is 1.80. The highest BCUT2D eigenvalue weighted by Crippen LogP contribution is 2.26. The number of nitrogens with one attached hydrogen (secondary N) is 1. The molecule has 1 aromatic heterocycles. The lowest BCUT2D eigenvalue weighted by atomic mass is 10.1. The highest BCUT2D eigenvalue weighted by Gasteiger charge is 2.34. The van der Waals surface area contributed by atoms with Crippen molar-refractivity contribution in [2.24, 2.45) is 0 Å². The number of carbonyl (C=O) groups is 3. The number of benzene rings is 3. The molecule has 0 aliphatic carbocycles. The first-order valence-corrected chi connectivity index (χ1v) is 11.2. The van der Waals surface area contributed by atoms with E-state index in [1.807, 2.05) is 48.5 Å². The summed E-state index contributed by atoms with van der Waals surface area (Å²) in [4.78, 5) is 38.1. The third-order valence-electron chi connectivity index (χ3n) is 5.81. The second kappa shape index (κ2) is 9.79. The fourth-order valence-corrected chi connectivity index (χ4v) is 4.00. The van der Waals surface area contributed by atoms with Crippen LogP contribution in [0.4, 0.5) is 4.79 Å². The molecule has 0 spiro atoms. The predicted octanol–water partition coefficient (Wildman–Crippen LogP) is 4.89. The van der Waals surface area contributed by atoms with Gasteiger partial charge in [0.1, 0.15) is 23.8 Å². The summed E-state index contributed by atoms with van der Waals surface area (Å²) in [6, 6.07) is 23.8. The molecular weight excluding hydrogens is 460 g/mol. The maximum atomic E-state index is 13.0. The Kier molecular flexibility index (Phi) is 6.23. The Balaban J connectivity index is 1.33. The van der Waals surface area contributed by atoms with Gasteiger partial charge in [0.2, 0.25) is 5.76 Å². The Morgan fingerprint density at radius 3 is 2.61 bits per heavy atom. The average molecular weight is 482 g/mol. The number of para-hydroxylation sites is 1. The first kappa shape index (κ1) is 22.9. The molecule has 8 nitrogen and oxygen atoms in total. The van der Waals surface area contributed by atoms with E-state index >= 15 is 0 Å². The summed E-state index contributed by atoms with van der Waals surface area (Å²) < 4.78 is 16.1. The molecule has 3 amide bonds. The predicted molar refractivity (Wildman–Crippen MR) is 132 cm³/mol. The van der Waals surface area contributed by atoms with E-state index < -0.39 is 17.9 Å². The SMILES string of the molecule is COC(=O)c1ccc(CN2C(=O)N/C(=C\c3ccccc3OCc3cccc4ccccc34)C2=O)o1. The number of fused-ring (bicyclic) bond motifs is 1. The molecule has 180 valence electrons. The van der Waals surface area contributed by atoms with Crippen molar-refractivity contribution in [1.82, 2.24) is 10.2 Å². The van der Waals surface area contributed by atoms with Gasteiger partial charge in [0.25, 0.3) is 5.91 Å². The van der Waals surface area contributed by atoms with Crippen molar-refractivity contribution < 1.29 is 28.3 Å². The molecule has 3 aromatic carbocycles. The van der Waals surface area contributed by atoms with E-state index in [1.165, 1.54) is 19.2 Å². The van der Waals surface area contributed by atoms with Gasteiger partial charge in [-0.1, -0.05) is 60.7 Å². The summed E-state index contributed by atoms with van der Waals surface area (Å²) in [5, 5.41) is 4.84. The highest BCUT2D eigenvalue weighted by molar-refractivity contribution is 6.14. The van der Waals surface area contributed by atoms with Crippen molar-refractivity contribution in [3.63, 3.8) is 0 Å². The third kappa shape index (κ3) is 4.56. The standard InChI is InChI=1S/C28H22N2O6/c1-34-27(32)25-14-13-21(36-25)16-30-26(31)23(29-28(30)33)15-19-8-3-5-12-24(19)35-17-20-10-6-9-18-7-2-4-11-22(18)20/h2-15H,16-17H2,1H3,(H,29,33)/b23-15-. The number of esters is 1. The van der Waals surface area contributed by atoms with E-state index in [0.29, 0.717) is 17.9 Å². The zero-order valence-electron chi connectivity index (χ0n) is 19.4. The molecule has 4 aromatic rings. The van der Waals surface area contributed by atoms with Crippen LogP contribution in [-0.2, 0) is 22.7 Å². The maximum Gasteiger partial charge on any atom is 0.373 e. The highest BCUT2D eigenvalue weighted by atomic mass is 16.5. The normalized spacial score (nSPS) is 14.4.